The van der Waals surface area contributed by atoms with Crippen molar-refractivity contribution in [1.82, 2.24) is 4.98 Å². The van der Waals surface area contributed by atoms with Gasteiger partial charge in [0.1, 0.15) is 0 Å². The van der Waals surface area contributed by atoms with Crippen LogP contribution in [0.3, 0.4) is 0 Å². The van der Waals surface area contributed by atoms with Gasteiger partial charge in [0.15, 0.2) is 0 Å². The highest BCUT2D eigenvalue weighted by atomic mass is 32.2. The molecule has 0 fully saturated rings. The molecule has 2 N–H and O–H groups in total. The van der Waals surface area contributed by atoms with E-state index in [0.717, 1.165) is 16.8 Å². The van der Waals surface area contributed by atoms with Crippen molar-refractivity contribution in [3.63, 3.8) is 0 Å². The second-order valence-electron chi connectivity index (χ2n) is 4.54. The van der Waals surface area contributed by atoms with E-state index in [2.05, 4.69) is 10.3 Å². The number of pyridine rings is 1. The summed E-state index contributed by atoms with van der Waals surface area (Å²) < 4.78 is 25.9. The van der Waals surface area contributed by atoms with Crippen LogP contribution in [-0.2, 0) is 14.9 Å². The maximum absolute atomic E-state index is 11.4. The number of carbonyl (C=O) groups excluding carboxylic acids is 1. The molecule has 0 spiro atoms. The predicted octanol–water partition coefficient (Wildman–Crippen LogP) is 2.77. The minimum atomic E-state index is -3.67. The molecule has 0 aliphatic carbocycles. The van der Waals surface area contributed by atoms with Crippen molar-refractivity contribution in [1.29, 1.82) is 0 Å². The molecule has 1 amide bonds. The van der Waals surface area contributed by atoms with E-state index in [1.807, 2.05) is 43.3 Å². The van der Waals surface area contributed by atoms with Gasteiger partial charge in [-0.05, 0) is 48.4 Å². The lowest BCUT2D eigenvalue weighted by atomic mass is 10.1. The number of rotatable bonds is 3. The number of aromatic nitrogens is 1. The largest absolute Gasteiger partial charge is 0.323 e. The minimum Gasteiger partial charge on any atom is -0.323 e. The number of allylic oxidation sites excluding steroid dienone is 1. The van der Waals surface area contributed by atoms with E-state index < -0.39 is 10.1 Å². The Labute approximate surface area is 135 Å². The first kappa shape index (κ1) is 18.5. The van der Waals surface area contributed by atoms with Crippen LogP contribution >= 0.6 is 0 Å². The average Bonchev–Trinajstić information content (AvgIpc) is 2.47. The van der Waals surface area contributed by atoms with E-state index in [0.29, 0.717) is 6.26 Å². The first-order valence-corrected chi connectivity index (χ1v) is 8.51. The number of nitrogens with one attached hydrogen (secondary N) is 1. The molecular weight excluding hydrogens is 316 g/mol. The molecule has 0 bridgehead atoms. The quantitative estimate of drug-likeness (QED) is 0.664. The number of amides is 1. The number of hydrogen-bond acceptors (Lipinski definition) is 4. The van der Waals surface area contributed by atoms with Gasteiger partial charge in [-0.15, -0.1) is 0 Å². The summed E-state index contributed by atoms with van der Waals surface area (Å²) in [6.07, 6.45) is 7.44. The molecule has 122 valence electrons. The van der Waals surface area contributed by atoms with Gasteiger partial charge in [0.25, 0.3) is 10.1 Å². The van der Waals surface area contributed by atoms with E-state index >= 15 is 0 Å². The Morgan fingerprint density at radius 3 is 2.04 bits per heavy atom. The Morgan fingerprint density at radius 2 is 1.57 bits per heavy atom. The Morgan fingerprint density at radius 1 is 1.09 bits per heavy atom. The molecule has 1 aromatic carbocycles. The van der Waals surface area contributed by atoms with Crippen molar-refractivity contribution >= 4 is 21.7 Å². The van der Waals surface area contributed by atoms with Crippen LogP contribution in [0.5, 0.6) is 0 Å². The van der Waals surface area contributed by atoms with Crippen LogP contribution in [0.15, 0.2) is 60.9 Å². The molecule has 0 atom stereocenters. The van der Waals surface area contributed by atoms with Crippen LogP contribution in [0.25, 0.3) is 11.1 Å². The summed E-state index contributed by atoms with van der Waals surface area (Å²) in [6, 6.07) is 11.6. The fourth-order valence-electron chi connectivity index (χ4n) is 1.63. The fraction of sp³-hybridized carbons (Fsp3) is 0.125. The lowest BCUT2D eigenvalue weighted by molar-refractivity contribution is -0.111. The summed E-state index contributed by atoms with van der Waals surface area (Å²) in [7, 11) is -3.67. The van der Waals surface area contributed by atoms with Crippen molar-refractivity contribution in [2.75, 3.05) is 11.6 Å². The van der Waals surface area contributed by atoms with E-state index in [9.17, 15) is 13.2 Å². The standard InChI is InChI=1S/C15H14N2O.CH4O3S/c1-2-3-15(18)17-14-6-4-12(5-7-14)13-8-10-16-11-9-13;1-5(2,3)4/h2-11H,1H3,(H,17,18);1H3,(H,2,3,4)/b3-2+;. The second-order valence-corrected chi connectivity index (χ2v) is 6.00. The third-order valence-electron chi connectivity index (χ3n) is 2.48. The average molecular weight is 334 g/mol. The van der Waals surface area contributed by atoms with Crippen molar-refractivity contribution in [2.24, 2.45) is 0 Å². The highest BCUT2D eigenvalue weighted by molar-refractivity contribution is 7.85. The molecule has 7 heteroatoms. The van der Waals surface area contributed by atoms with Gasteiger partial charge in [0.2, 0.25) is 5.91 Å². The molecule has 2 aromatic rings. The topological polar surface area (TPSA) is 96.4 Å². The van der Waals surface area contributed by atoms with Gasteiger partial charge < -0.3 is 5.32 Å². The number of benzene rings is 1. The molecule has 23 heavy (non-hydrogen) atoms. The van der Waals surface area contributed by atoms with E-state index in [1.165, 1.54) is 6.08 Å². The van der Waals surface area contributed by atoms with Crippen LogP contribution in [0, 0.1) is 0 Å². The molecule has 0 unspecified atom stereocenters. The van der Waals surface area contributed by atoms with E-state index in [1.54, 1.807) is 18.5 Å². The van der Waals surface area contributed by atoms with E-state index in [4.69, 9.17) is 4.55 Å². The Bertz CT molecular complexity index is 746. The van der Waals surface area contributed by atoms with Crippen LogP contribution < -0.4 is 5.32 Å². The smallest absolute Gasteiger partial charge is 0.261 e. The highest BCUT2D eigenvalue weighted by Gasteiger charge is 1.99. The van der Waals surface area contributed by atoms with E-state index in [-0.39, 0.29) is 5.91 Å². The minimum absolute atomic E-state index is 0.117. The number of hydrogen-bond donors (Lipinski definition) is 2. The first-order valence-electron chi connectivity index (χ1n) is 6.66. The van der Waals surface area contributed by atoms with Crippen molar-refractivity contribution in [3.05, 3.63) is 60.9 Å². The molecule has 0 aliphatic heterocycles. The summed E-state index contributed by atoms with van der Waals surface area (Å²) in [4.78, 5) is 15.3. The third kappa shape index (κ3) is 8.50. The van der Waals surface area contributed by atoms with Gasteiger partial charge in [-0.1, -0.05) is 18.2 Å². The second kappa shape index (κ2) is 8.82. The zero-order valence-electron chi connectivity index (χ0n) is 12.8. The van der Waals surface area contributed by atoms with Gasteiger partial charge in [0.05, 0.1) is 6.26 Å². The number of anilines is 1. The van der Waals surface area contributed by atoms with Gasteiger partial charge in [-0.2, -0.15) is 8.42 Å². The molecule has 6 nitrogen and oxygen atoms in total. The van der Waals surface area contributed by atoms with Crippen molar-refractivity contribution in [2.45, 2.75) is 6.92 Å². The summed E-state index contributed by atoms with van der Waals surface area (Å²) >= 11 is 0. The molecule has 0 radical (unpaired) electrons. The number of nitrogens with zero attached hydrogens (tertiary/aromatic N) is 1. The Balaban J connectivity index is 0.000000463. The molecule has 0 saturated carbocycles. The van der Waals surface area contributed by atoms with Crippen LogP contribution in [-0.4, -0.2) is 30.1 Å². The van der Waals surface area contributed by atoms with Crippen LogP contribution in [0.4, 0.5) is 5.69 Å². The highest BCUT2D eigenvalue weighted by Crippen LogP contribution is 2.20. The van der Waals surface area contributed by atoms with Gasteiger partial charge in [-0.3, -0.25) is 14.3 Å². The maximum Gasteiger partial charge on any atom is 0.261 e. The predicted molar refractivity (Wildman–Crippen MR) is 90.6 cm³/mol. The maximum atomic E-state index is 11.4. The summed E-state index contributed by atoms with van der Waals surface area (Å²) in [5.74, 6) is -0.117. The van der Waals surface area contributed by atoms with Gasteiger partial charge in [-0.25, -0.2) is 0 Å². The van der Waals surface area contributed by atoms with Crippen molar-refractivity contribution < 1.29 is 17.8 Å². The van der Waals surface area contributed by atoms with Crippen molar-refractivity contribution in [3.8, 4) is 11.1 Å². The Kier molecular flexibility index (Phi) is 7.11. The normalized spacial score (nSPS) is 10.7. The van der Waals surface area contributed by atoms with Crippen LogP contribution in [0.1, 0.15) is 6.92 Å². The monoisotopic (exact) mass is 334 g/mol. The molecule has 0 aliphatic rings. The molecule has 1 heterocycles. The molecule has 1 aromatic heterocycles. The van der Waals surface area contributed by atoms with Gasteiger partial charge in [0, 0.05) is 18.1 Å². The summed E-state index contributed by atoms with van der Waals surface area (Å²) in [6.45, 7) is 1.81. The zero-order valence-corrected chi connectivity index (χ0v) is 13.6. The van der Waals surface area contributed by atoms with Gasteiger partial charge >= 0.3 is 0 Å². The zero-order chi connectivity index (χ0) is 17.3. The summed E-state index contributed by atoms with van der Waals surface area (Å²) in [5.41, 5.74) is 2.99. The third-order valence-corrected chi connectivity index (χ3v) is 2.48. The lowest BCUT2D eigenvalue weighted by Gasteiger charge is -2.04. The first-order chi connectivity index (χ1) is 10.8. The molecule has 2 rings (SSSR count). The Hall–Kier alpha value is -2.51. The summed E-state index contributed by atoms with van der Waals surface area (Å²) in [5, 5.41) is 2.78. The number of carbonyl (C=O) groups is 1. The lowest BCUT2D eigenvalue weighted by Crippen LogP contribution is -2.07. The van der Waals surface area contributed by atoms with Crippen LogP contribution in [0.2, 0.25) is 0 Å². The molecule has 0 saturated heterocycles. The fourth-order valence-corrected chi connectivity index (χ4v) is 1.63. The SMILES string of the molecule is C/C=C/C(=O)Nc1ccc(-c2ccncc2)cc1.CS(=O)(=O)O. The molecular formula is C16H18N2O4S.